The molecule has 2 atom stereocenters. The minimum absolute atomic E-state index is 0.0259. The summed E-state index contributed by atoms with van der Waals surface area (Å²) in [6, 6.07) is 4.61. The first kappa shape index (κ1) is 28.0. The number of hydrogen-bond donors (Lipinski definition) is 2. The molecule has 0 heterocycles. The summed E-state index contributed by atoms with van der Waals surface area (Å²) in [6.07, 6.45) is 6.43. The Kier molecular flexibility index (Phi) is 9.07. The Morgan fingerprint density at radius 3 is 2.17 bits per heavy atom. The predicted molar refractivity (Wildman–Crippen MR) is 142 cm³/mol. The van der Waals surface area contributed by atoms with Crippen LogP contribution in [0.4, 0.5) is 4.79 Å². The molecular weight excluding hydrogens is 454 g/mol. The van der Waals surface area contributed by atoms with Gasteiger partial charge in [0.15, 0.2) is 0 Å². The van der Waals surface area contributed by atoms with Gasteiger partial charge in [0.2, 0.25) is 11.8 Å². The van der Waals surface area contributed by atoms with Crippen molar-refractivity contribution >= 4 is 17.9 Å². The van der Waals surface area contributed by atoms with Crippen LogP contribution < -0.4 is 10.6 Å². The maximum Gasteiger partial charge on any atom is 0.408 e. The monoisotopic (exact) mass is 499 g/mol. The highest BCUT2D eigenvalue weighted by atomic mass is 16.6. The Hall–Kier alpha value is -2.57. The summed E-state index contributed by atoms with van der Waals surface area (Å²) in [5, 5.41) is 6.07. The Balaban J connectivity index is 1.95. The third kappa shape index (κ3) is 7.47. The molecule has 36 heavy (non-hydrogen) atoms. The maximum absolute atomic E-state index is 14.1. The molecule has 2 N–H and O–H groups in total. The summed E-state index contributed by atoms with van der Waals surface area (Å²) in [6.45, 7) is 13.2. The molecule has 200 valence electrons. The van der Waals surface area contributed by atoms with Crippen LogP contribution in [0.2, 0.25) is 0 Å². The van der Waals surface area contributed by atoms with E-state index in [-0.39, 0.29) is 29.8 Å². The molecule has 1 aromatic rings. The molecule has 3 rings (SSSR count). The number of amides is 3. The van der Waals surface area contributed by atoms with E-state index in [0.717, 1.165) is 55.2 Å². The van der Waals surface area contributed by atoms with Crippen LogP contribution in [-0.4, -0.2) is 46.5 Å². The summed E-state index contributed by atoms with van der Waals surface area (Å²) in [5.74, 6) is -0.538. The van der Waals surface area contributed by atoms with Gasteiger partial charge in [-0.2, -0.15) is 0 Å². The van der Waals surface area contributed by atoms with Crippen molar-refractivity contribution in [1.82, 2.24) is 15.5 Å². The van der Waals surface area contributed by atoms with Crippen molar-refractivity contribution in [2.75, 3.05) is 0 Å². The molecule has 3 amide bonds. The van der Waals surface area contributed by atoms with E-state index >= 15 is 0 Å². The number of benzene rings is 1. The fraction of sp³-hybridized carbons (Fsp3) is 0.690. The van der Waals surface area contributed by atoms with Crippen molar-refractivity contribution in [2.45, 2.75) is 123 Å². The standard InChI is InChI=1S/C29H45N3O4/c1-18(2)24(31-28(35)36-29(5,6)7)27(34)32(22-14-15-22)25(23-16-13-19(3)17-20(23)4)26(33)30-21-11-9-8-10-12-21/h13,16-18,21-22,24-25H,8-12,14-15H2,1-7H3,(H,30,33)(H,31,35). The largest absolute Gasteiger partial charge is 0.444 e. The van der Waals surface area contributed by atoms with E-state index < -0.39 is 23.8 Å². The van der Waals surface area contributed by atoms with E-state index in [1.165, 1.54) is 6.42 Å². The summed E-state index contributed by atoms with van der Waals surface area (Å²) in [4.78, 5) is 42.4. The fourth-order valence-corrected chi connectivity index (χ4v) is 5.06. The van der Waals surface area contributed by atoms with Gasteiger partial charge in [-0.1, -0.05) is 56.9 Å². The Morgan fingerprint density at radius 2 is 1.64 bits per heavy atom. The van der Waals surface area contributed by atoms with Crippen LogP contribution in [0.3, 0.4) is 0 Å². The van der Waals surface area contributed by atoms with Crippen LogP contribution in [0.5, 0.6) is 0 Å². The highest BCUT2D eigenvalue weighted by Crippen LogP contribution is 2.37. The lowest BCUT2D eigenvalue weighted by Crippen LogP contribution is -2.56. The van der Waals surface area contributed by atoms with Crippen LogP contribution in [0, 0.1) is 19.8 Å². The van der Waals surface area contributed by atoms with Gasteiger partial charge in [-0.3, -0.25) is 9.59 Å². The molecule has 0 saturated heterocycles. The van der Waals surface area contributed by atoms with Crippen LogP contribution in [-0.2, 0) is 14.3 Å². The summed E-state index contributed by atoms with van der Waals surface area (Å²) in [5.41, 5.74) is 2.26. The van der Waals surface area contributed by atoms with E-state index in [1.54, 1.807) is 25.7 Å². The van der Waals surface area contributed by atoms with Gasteiger partial charge in [0.1, 0.15) is 17.7 Å². The van der Waals surface area contributed by atoms with Crippen molar-refractivity contribution in [1.29, 1.82) is 0 Å². The molecular formula is C29H45N3O4. The molecule has 0 aromatic heterocycles. The Labute approximate surface area is 216 Å². The van der Waals surface area contributed by atoms with E-state index in [2.05, 4.69) is 16.7 Å². The van der Waals surface area contributed by atoms with Crippen LogP contribution in [0.15, 0.2) is 18.2 Å². The van der Waals surface area contributed by atoms with Gasteiger partial charge in [0.25, 0.3) is 0 Å². The quantitative estimate of drug-likeness (QED) is 0.506. The van der Waals surface area contributed by atoms with Crippen LogP contribution >= 0.6 is 0 Å². The zero-order chi connectivity index (χ0) is 26.6. The number of aryl methyl sites for hydroxylation is 2. The van der Waals surface area contributed by atoms with Crippen LogP contribution in [0.25, 0.3) is 0 Å². The average molecular weight is 500 g/mol. The predicted octanol–water partition coefficient (Wildman–Crippen LogP) is 5.33. The number of carbonyl (C=O) groups is 3. The maximum atomic E-state index is 14.1. The molecule has 0 radical (unpaired) electrons. The third-order valence-electron chi connectivity index (χ3n) is 7.00. The molecule has 7 heteroatoms. The topological polar surface area (TPSA) is 87.7 Å². The number of nitrogens with one attached hydrogen (secondary N) is 2. The summed E-state index contributed by atoms with van der Waals surface area (Å²) in [7, 11) is 0. The molecule has 7 nitrogen and oxygen atoms in total. The fourth-order valence-electron chi connectivity index (χ4n) is 5.06. The zero-order valence-corrected chi connectivity index (χ0v) is 23.1. The molecule has 2 fully saturated rings. The van der Waals surface area contributed by atoms with Gasteiger partial charge >= 0.3 is 6.09 Å². The Bertz CT molecular complexity index is 942. The molecule has 2 aliphatic carbocycles. The van der Waals surface area contributed by atoms with Gasteiger partial charge in [-0.05, 0) is 77.3 Å². The van der Waals surface area contributed by atoms with Crippen molar-refractivity contribution < 1.29 is 19.1 Å². The normalized spacial score (nSPS) is 18.3. The van der Waals surface area contributed by atoms with Crippen LogP contribution in [0.1, 0.15) is 102 Å². The second-order valence-corrected chi connectivity index (χ2v) is 12.0. The number of rotatable bonds is 8. The second-order valence-electron chi connectivity index (χ2n) is 12.0. The smallest absolute Gasteiger partial charge is 0.408 e. The molecule has 0 aliphatic heterocycles. The highest BCUT2D eigenvalue weighted by molar-refractivity contribution is 5.93. The third-order valence-corrected chi connectivity index (χ3v) is 7.00. The van der Waals surface area contributed by atoms with Crippen molar-refractivity contribution in [3.63, 3.8) is 0 Å². The number of hydrogen-bond acceptors (Lipinski definition) is 4. The highest BCUT2D eigenvalue weighted by Gasteiger charge is 2.45. The lowest BCUT2D eigenvalue weighted by atomic mass is 9.92. The molecule has 2 unspecified atom stereocenters. The average Bonchev–Trinajstić information content (AvgIpc) is 3.60. The van der Waals surface area contributed by atoms with Gasteiger partial charge in [-0.15, -0.1) is 0 Å². The number of alkyl carbamates (subject to hydrolysis) is 1. The lowest BCUT2D eigenvalue weighted by Gasteiger charge is -2.37. The number of ether oxygens (including phenoxy) is 1. The molecule has 0 bridgehead atoms. The molecule has 1 aromatic carbocycles. The molecule has 0 spiro atoms. The number of carbonyl (C=O) groups excluding carboxylic acids is 3. The van der Waals surface area contributed by atoms with E-state index in [0.29, 0.717) is 0 Å². The van der Waals surface area contributed by atoms with Gasteiger partial charge < -0.3 is 20.3 Å². The van der Waals surface area contributed by atoms with Crippen molar-refractivity contribution in [3.8, 4) is 0 Å². The molecule has 2 saturated carbocycles. The lowest BCUT2D eigenvalue weighted by molar-refractivity contribution is -0.144. The van der Waals surface area contributed by atoms with Crippen molar-refractivity contribution in [3.05, 3.63) is 34.9 Å². The summed E-state index contributed by atoms with van der Waals surface area (Å²) >= 11 is 0. The SMILES string of the molecule is Cc1ccc(C(C(=O)NC2CCCCC2)N(C(=O)C(NC(=O)OC(C)(C)C)C(C)C)C2CC2)c(C)c1. The van der Waals surface area contributed by atoms with E-state index in [4.69, 9.17) is 4.74 Å². The van der Waals surface area contributed by atoms with E-state index in [1.807, 2.05) is 39.8 Å². The number of nitrogens with zero attached hydrogens (tertiary/aromatic N) is 1. The van der Waals surface area contributed by atoms with Gasteiger partial charge in [0.05, 0.1) is 0 Å². The van der Waals surface area contributed by atoms with E-state index in [9.17, 15) is 14.4 Å². The van der Waals surface area contributed by atoms with Gasteiger partial charge in [-0.25, -0.2) is 4.79 Å². The zero-order valence-electron chi connectivity index (χ0n) is 23.1. The van der Waals surface area contributed by atoms with Crippen molar-refractivity contribution in [2.24, 2.45) is 5.92 Å². The minimum atomic E-state index is -0.795. The van der Waals surface area contributed by atoms with Gasteiger partial charge in [0, 0.05) is 12.1 Å². The first-order chi connectivity index (χ1) is 16.9. The minimum Gasteiger partial charge on any atom is -0.444 e. The molecule has 2 aliphatic rings. The second kappa shape index (κ2) is 11.7. The first-order valence-corrected chi connectivity index (χ1v) is 13.6. The Morgan fingerprint density at radius 1 is 1.00 bits per heavy atom. The first-order valence-electron chi connectivity index (χ1n) is 13.6. The summed E-state index contributed by atoms with van der Waals surface area (Å²) < 4.78 is 5.45.